The van der Waals surface area contributed by atoms with Gasteiger partial charge in [-0.25, -0.2) is 4.79 Å². The Hall–Kier alpha value is -2.21. The summed E-state index contributed by atoms with van der Waals surface area (Å²) in [4.78, 5) is 12.2. The van der Waals surface area contributed by atoms with Crippen LogP contribution in [0.2, 0.25) is 5.02 Å². The maximum atomic E-state index is 12.2. The van der Waals surface area contributed by atoms with Gasteiger partial charge >= 0.3 is 5.97 Å². The zero-order chi connectivity index (χ0) is 17.2. The van der Waals surface area contributed by atoms with Crippen molar-refractivity contribution in [2.24, 2.45) is 0 Å². The average Bonchev–Trinajstić information content (AvgIpc) is 2.77. The van der Waals surface area contributed by atoms with E-state index in [4.69, 9.17) is 31.3 Å². The number of aryl methyl sites for hydroxylation is 1. The van der Waals surface area contributed by atoms with E-state index in [1.165, 1.54) is 0 Å². The number of nitrogens with zero attached hydrogens (tertiary/aromatic N) is 1. The summed E-state index contributed by atoms with van der Waals surface area (Å²) in [5.74, 6) is 0.380. The molecule has 0 amide bonds. The van der Waals surface area contributed by atoms with Crippen LogP contribution in [0.4, 0.5) is 5.69 Å². The Balaban J connectivity index is 2.17. The number of hydrogen-bond acceptors (Lipinski definition) is 6. The van der Waals surface area contributed by atoms with Crippen molar-refractivity contribution in [1.82, 2.24) is 5.16 Å². The van der Waals surface area contributed by atoms with Crippen LogP contribution >= 0.6 is 11.6 Å². The SMILES string of the molecule is Cc1onc(C(=O)OC(C)(C)C)c1COc1ccc(N)cc1Cl. The monoisotopic (exact) mass is 338 g/mol. The summed E-state index contributed by atoms with van der Waals surface area (Å²) >= 11 is 6.06. The van der Waals surface area contributed by atoms with Crippen molar-refractivity contribution >= 4 is 23.3 Å². The van der Waals surface area contributed by atoms with Crippen molar-refractivity contribution in [3.05, 3.63) is 40.2 Å². The number of carbonyl (C=O) groups is 1. The van der Waals surface area contributed by atoms with Gasteiger partial charge in [0.1, 0.15) is 23.7 Å². The van der Waals surface area contributed by atoms with Gasteiger partial charge in [-0.05, 0) is 45.9 Å². The summed E-state index contributed by atoms with van der Waals surface area (Å²) in [6, 6.07) is 4.93. The molecule has 0 radical (unpaired) electrons. The second kappa shape index (κ2) is 6.50. The van der Waals surface area contributed by atoms with Crippen LogP contribution in [0.1, 0.15) is 42.6 Å². The number of esters is 1. The van der Waals surface area contributed by atoms with E-state index in [-0.39, 0.29) is 12.3 Å². The molecule has 6 nitrogen and oxygen atoms in total. The van der Waals surface area contributed by atoms with Gasteiger partial charge in [0.05, 0.1) is 10.6 Å². The minimum absolute atomic E-state index is 0.0769. The van der Waals surface area contributed by atoms with Gasteiger partial charge in [0.2, 0.25) is 0 Å². The average molecular weight is 339 g/mol. The predicted octanol–water partition coefficient (Wildman–Crippen LogP) is 3.75. The van der Waals surface area contributed by atoms with E-state index in [2.05, 4.69) is 5.16 Å². The lowest BCUT2D eigenvalue weighted by atomic mass is 10.1. The van der Waals surface area contributed by atoms with E-state index >= 15 is 0 Å². The quantitative estimate of drug-likeness (QED) is 0.674. The Bertz CT molecular complexity index is 719. The highest BCUT2D eigenvalue weighted by molar-refractivity contribution is 6.32. The minimum atomic E-state index is -0.623. The first kappa shape index (κ1) is 17.1. The molecule has 0 unspecified atom stereocenters. The molecule has 0 aliphatic carbocycles. The Labute approximate surface area is 139 Å². The van der Waals surface area contributed by atoms with Crippen LogP contribution in [0.15, 0.2) is 22.7 Å². The van der Waals surface area contributed by atoms with Crippen molar-refractivity contribution in [1.29, 1.82) is 0 Å². The molecule has 1 aromatic heterocycles. The smallest absolute Gasteiger partial charge is 0.361 e. The fourth-order valence-electron chi connectivity index (χ4n) is 1.83. The number of hydrogen-bond donors (Lipinski definition) is 1. The highest BCUT2D eigenvalue weighted by Gasteiger charge is 2.26. The summed E-state index contributed by atoms with van der Waals surface area (Å²) in [5, 5.41) is 4.15. The number of ether oxygens (including phenoxy) is 2. The lowest BCUT2D eigenvalue weighted by Gasteiger charge is -2.18. The third-order valence-electron chi connectivity index (χ3n) is 2.90. The second-order valence-corrected chi connectivity index (χ2v) is 6.45. The first-order valence-corrected chi connectivity index (χ1v) is 7.41. The highest BCUT2D eigenvalue weighted by Crippen LogP contribution is 2.28. The van der Waals surface area contributed by atoms with Crippen LogP contribution in [0.25, 0.3) is 0 Å². The molecule has 2 N–H and O–H groups in total. The molecule has 0 saturated carbocycles. The second-order valence-electron chi connectivity index (χ2n) is 6.05. The first-order valence-electron chi connectivity index (χ1n) is 7.03. The summed E-state index contributed by atoms with van der Waals surface area (Å²) in [7, 11) is 0. The fourth-order valence-corrected chi connectivity index (χ4v) is 2.08. The molecule has 0 atom stereocenters. The van der Waals surface area contributed by atoms with E-state index in [1.807, 2.05) is 0 Å². The maximum Gasteiger partial charge on any atom is 0.361 e. The maximum absolute atomic E-state index is 12.2. The lowest BCUT2D eigenvalue weighted by molar-refractivity contribution is 0.00565. The molecule has 0 fully saturated rings. The van der Waals surface area contributed by atoms with E-state index < -0.39 is 11.6 Å². The van der Waals surface area contributed by atoms with Crippen LogP contribution in [-0.2, 0) is 11.3 Å². The van der Waals surface area contributed by atoms with Gasteiger partial charge in [-0.15, -0.1) is 0 Å². The molecule has 0 spiro atoms. The molecule has 2 aromatic rings. The molecular formula is C16H19ClN2O4. The van der Waals surface area contributed by atoms with Crippen molar-refractivity contribution in [2.75, 3.05) is 5.73 Å². The van der Waals surface area contributed by atoms with Crippen molar-refractivity contribution in [3.63, 3.8) is 0 Å². The van der Waals surface area contributed by atoms with Crippen LogP contribution in [0, 0.1) is 6.92 Å². The van der Waals surface area contributed by atoms with Crippen LogP contribution < -0.4 is 10.5 Å². The summed E-state index contributed by atoms with van der Waals surface area (Å²) in [6.45, 7) is 7.12. The van der Waals surface area contributed by atoms with E-state index in [9.17, 15) is 4.79 Å². The van der Waals surface area contributed by atoms with E-state index in [0.29, 0.717) is 27.8 Å². The van der Waals surface area contributed by atoms with Crippen LogP contribution in [0.5, 0.6) is 5.75 Å². The zero-order valence-electron chi connectivity index (χ0n) is 13.5. The molecule has 2 rings (SSSR count). The van der Waals surface area contributed by atoms with Crippen LogP contribution in [0.3, 0.4) is 0 Å². The van der Waals surface area contributed by atoms with E-state index in [0.717, 1.165) is 0 Å². The van der Waals surface area contributed by atoms with Gasteiger partial charge in [0.25, 0.3) is 0 Å². The fraction of sp³-hybridized carbons (Fsp3) is 0.375. The topological polar surface area (TPSA) is 87.6 Å². The number of anilines is 1. The molecule has 124 valence electrons. The lowest BCUT2D eigenvalue weighted by Crippen LogP contribution is -2.25. The zero-order valence-corrected chi connectivity index (χ0v) is 14.2. The Morgan fingerprint density at radius 1 is 1.39 bits per heavy atom. The highest BCUT2D eigenvalue weighted by atomic mass is 35.5. The Kier molecular flexibility index (Phi) is 4.85. The molecule has 23 heavy (non-hydrogen) atoms. The van der Waals surface area contributed by atoms with Gasteiger partial charge in [0.15, 0.2) is 5.69 Å². The third kappa shape index (κ3) is 4.39. The number of carbonyl (C=O) groups excluding carboxylic acids is 1. The minimum Gasteiger partial charge on any atom is -0.487 e. The van der Waals surface area contributed by atoms with Crippen molar-refractivity contribution in [2.45, 2.75) is 39.9 Å². The number of aromatic nitrogens is 1. The van der Waals surface area contributed by atoms with Gasteiger partial charge in [-0.2, -0.15) is 0 Å². The first-order chi connectivity index (χ1) is 10.7. The van der Waals surface area contributed by atoms with Crippen molar-refractivity contribution < 1.29 is 18.8 Å². The number of nitrogens with two attached hydrogens (primary N) is 1. The Morgan fingerprint density at radius 2 is 2.09 bits per heavy atom. The van der Waals surface area contributed by atoms with Crippen LogP contribution in [-0.4, -0.2) is 16.7 Å². The molecule has 0 aliphatic rings. The molecule has 1 heterocycles. The largest absolute Gasteiger partial charge is 0.487 e. The number of rotatable bonds is 4. The molecule has 0 bridgehead atoms. The van der Waals surface area contributed by atoms with Gasteiger partial charge in [0, 0.05) is 5.69 Å². The number of halogens is 1. The summed E-state index contributed by atoms with van der Waals surface area (Å²) < 4.78 is 16.0. The molecule has 7 heteroatoms. The summed E-state index contributed by atoms with van der Waals surface area (Å²) in [5.41, 5.74) is 6.18. The summed E-state index contributed by atoms with van der Waals surface area (Å²) in [6.07, 6.45) is 0. The van der Waals surface area contributed by atoms with Gasteiger partial charge in [-0.1, -0.05) is 16.8 Å². The molecular weight excluding hydrogens is 320 g/mol. The molecule has 1 aromatic carbocycles. The standard InChI is InChI=1S/C16H19ClN2O4/c1-9-11(8-21-13-6-5-10(18)7-12(13)17)14(19-23-9)15(20)22-16(2,3)4/h5-7H,8,18H2,1-4H3. The van der Waals surface area contributed by atoms with Gasteiger partial charge in [-0.3, -0.25) is 0 Å². The third-order valence-corrected chi connectivity index (χ3v) is 3.20. The number of benzene rings is 1. The van der Waals surface area contributed by atoms with Gasteiger partial charge < -0.3 is 19.7 Å². The molecule has 0 aliphatic heterocycles. The Morgan fingerprint density at radius 3 is 2.70 bits per heavy atom. The normalized spacial score (nSPS) is 11.3. The van der Waals surface area contributed by atoms with Crippen molar-refractivity contribution in [3.8, 4) is 5.75 Å². The predicted molar refractivity (Wildman–Crippen MR) is 86.6 cm³/mol. The molecule has 0 saturated heterocycles. The van der Waals surface area contributed by atoms with E-state index in [1.54, 1.807) is 45.9 Å². The number of nitrogen functional groups attached to an aromatic ring is 1.